The van der Waals surface area contributed by atoms with Crippen LogP contribution in [0.3, 0.4) is 0 Å². The second kappa shape index (κ2) is 6.04. The van der Waals surface area contributed by atoms with Gasteiger partial charge in [-0.1, -0.05) is 24.3 Å². The van der Waals surface area contributed by atoms with Crippen molar-refractivity contribution < 1.29 is 0 Å². The summed E-state index contributed by atoms with van der Waals surface area (Å²) in [6, 6.07) is 10.1. The van der Waals surface area contributed by atoms with Crippen molar-refractivity contribution in [2.24, 2.45) is 0 Å². The van der Waals surface area contributed by atoms with Crippen LogP contribution in [0.1, 0.15) is 36.4 Å². The molecule has 104 valence electrons. The van der Waals surface area contributed by atoms with E-state index in [1.54, 1.807) is 0 Å². The van der Waals surface area contributed by atoms with Gasteiger partial charge in [-0.15, -0.1) is 0 Å². The first-order valence-electron chi connectivity index (χ1n) is 7.56. The Morgan fingerprint density at radius 2 is 1.95 bits per heavy atom. The molecule has 0 amide bonds. The lowest BCUT2D eigenvalue weighted by molar-refractivity contribution is 0.223. The third-order valence-electron chi connectivity index (χ3n) is 4.51. The molecule has 19 heavy (non-hydrogen) atoms. The van der Waals surface area contributed by atoms with Crippen molar-refractivity contribution in [1.29, 1.82) is 0 Å². The maximum absolute atomic E-state index is 3.91. The molecule has 1 aromatic rings. The lowest BCUT2D eigenvalue weighted by Crippen LogP contribution is -2.42. The molecule has 1 atom stereocenters. The Morgan fingerprint density at radius 3 is 2.79 bits per heavy atom. The Morgan fingerprint density at radius 1 is 1.16 bits per heavy atom. The molecule has 0 saturated carbocycles. The fourth-order valence-electron chi connectivity index (χ4n) is 3.29. The first-order chi connectivity index (χ1) is 9.33. The lowest BCUT2D eigenvalue weighted by atomic mass is 9.96. The van der Waals surface area contributed by atoms with Gasteiger partial charge in [-0.2, -0.15) is 0 Å². The maximum Gasteiger partial charge on any atom is 0.0337 e. The highest BCUT2D eigenvalue weighted by molar-refractivity contribution is 5.31. The lowest BCUT2D eigenvalue weighted by Gasteiger charge is -2.33. The molecule has 3 rings (SSSR count). The minimum absolute atomic E-state index is 0.527. The Balaban J connectivity index is 1.70. The van der Waals surface area contributed by atoms with Crippen LogP contribution < -0.4 is 10.6 Å². The molecule has 3 nitrogen and oxygen atoms in total. The number of fused-ring (bicyclic) bond motifs is 1. The molecule has 0 bridgehead atoms. The van der Waals surface area contributed by atoms with Crippen molar-refractivity contribution >= 4 is 0 Å². The van der Waals surface area contributed by atoms with Gasteiger partial charge in [0, 0.05) is 18.6 Å². The van der Waals surface area contributed by atoms with Gasteiger partial charge >= 0.3 is 0 Å². The number of nitrogens with zero attached hydrogens (tertiary/aromatic N) is 1. The quantitative estimate of drug-likeness (QED) is 0.849. The van der Waals surface area contributed by atoms with Crippen molar-refractivity contribution in [2.45, 2.75) is 37.9 Å². The molecular formula is C16H25N3. The predicted octanol–water partition coefficient (Wildman–Crippen LogP) is 1.90. The van der Waals surface area contributed by atoms with E-state index in [9.17, 15) is 0 Å². The maximum atomic E-state index is 3.91. The van der Waals surface area contributed by atoms with Gasteiger partial charge in [0.2, 0.25) is 0 Å². The molecule has 1 saturated heterocycles. The average Bonchev–Trinajstić information content (AvgIpc) is 2.64. The second-order valence-electron chi connectivity index (χ2n) is 5.96. The standard InChI is InChI=1S/C16H25N3/c1-19-10-7-14(8-11-19)18-16-6-9-17-12-13-4-2-3-5-15(13)16/h2-5,14,16-18H,6-12H2,1H3. The van der Waals surface area contributed by atoms with Crippen LogP contribution in [0.5, 0.6) is 0 Å². The third-order valence-corrected chi connectivity index (χ3v) is 4.51. The van der Waals surface area contributed by atoms with Gasteiger partial charge in [0.15, 0.2) is 0 Å². The van der Waals surface area contributed by atoms with E-state index in [1.807, 2.05) is 0 Å². The van der Waals surface area contributed by atoms with Gasteiger partial charge in [0.05, 0.1) is 0 Å². The third kappa shape index (κ3) is 3.16. The van der Waals surface area contributed by atoms with Gasteiger partial charge in [0.25, 0.3) is 0 Å². The SMILES string of the molecule is CN1CCC(NC2CCNCc3ccccc32)CC1. The fraction of sp³-hybridized carbons (Fsp3) is 0.625. The van der Waals surface area contributed by atoms with E-state index in [0.29, 0.717) is 12.1 Å². The first kappa shape index (κ1) is 13.1. The number of benzene rings is 1. The Kier molecular flexibility index (Phi) is 4.16. The van der Waals surface area contributed by atoms with Crippen molar-refractivity contribution in [3.05, 3.63) is 35.4 Å². The van der Waals surface area contributed by atoms with Crippen LogP contribution in [0.4, 0.5) is 0 Å². The van der Waals surface area contributed by atoms with Crippen LogP contribution in [0.2, 0.25) is 0 Å². The molecule has 0 aromatic heterocycles. The highest BCUT2D eigenvalue weighted by Gasteiger charge is 2.23. The Labute approximate surface area is 116 Å². The van der Waals surface area contributed by atoms with E-state index in [4.69, 9.17) is 0 Å². The molecule has 2 aliphatic heterocycles. The average molecular weight is 259 g/mol. The van der Waals surface area contributed by atoms with E-state index in [-0.39, 0.29) is 0 Å². The number of piperidine rings is 1. The zero-order valence-corrected chi connectivity index (χ0v) is 11.9. The summed E-state index contributed by atoms with van der Waals surface area (Å²) in [6.45, 7) is 4.58. The molecule has 3 heteroatoms. The zero-order chi connectivity index (χ0) is 13.1. The summed E-state index contributed by atoms with van der Waals surface area (Å²) in [5, 5.41) is 7.44. The van der Waals surface area contributed by atoms with E-state index >= 15 is 0 Å². The molecule has 0 aliphatic carbocycles. The normalized spacial score (nSPS) is 25.8. The smallest absolute Gasteiger partial charge is 0.0337 e. The van der Waals surface area contributed by atoms with Crippen molar-refractivity contribution in [3.8, 4) is 0 Å². The molecular weight excluding hydrogens is 234 g/mol. The summed E-state index contributed by atoms with van der Waals surface area (Å²) < 4.78 is 0. The first-order valence-corrected chi connectivity index (χ1v) is 7.56. The van der Waals surface area contributed by atoms with E-state index in [0.717, 1.165) is 13.1 Å². The largest absolute Gasteiger partial charge is 0.313 e. The van der Waals surface area contributed by atoms with Gasteiger partial charge in [-0.3, -0.25) is 0 Å². The van der Waals surface area contributed by atoms with Gasteiger partial charge in [0.1, 0.15) is 0 Å². The summed E-state index contributed by atoms with van der Waals surface area (Å²) in [5.41, 5.74) is 2.97. The van der Waals surface area contributed by atoms with Crippen LogP contribution in [0.15, 0.2) is 24.3 Å². The summed E-state index contributed by atoms with van der Waals surface area (Å²) in [6.07, 6.45) is 3.76. The number of nitrogens with one attached hydrogen (secondary N) is 2. The number of rotatable bonds is 2. The molecule has 2 N–H and O–H groups in total. The van der Waals surface area contributed by atoms with Crippen LogP contribution in [0.25, 0.3) is 0 Å². The molecule has 0 radical (unpaired) electrons. The minimum atomic E-state index is 0.527. The van der Waals surface area contributed by atoms with E-state index < -0.39 is 0 Å². The molecule has 2 heterocycles. The summed E-state index contributed by atoms with van der Waals surface area (Å²) in [4.78, 5) is 2.43. The number of likely N-dealkylation sites (tertiary alicyclic amines) is 1. The molecule has 2 aliphatic rings. The Hall–Kier alpha value is -0.900. The van der Waals surface area contributed by atoms with Crippen LogP contribution in [-0.4, -0.2) is 37.6 Å². The van der Waals surface area contributed by atoms with Crippen molar-refractivity contribution in [1.82, 2.24) is 15.5 Å². The number of hydrogen-bond donors (Lipinski definition) is 2. The molecule has 1 unspecified atom stereocenters. The van der Waals surface area contributed by atoms with Gasteiger partial charge in [-0.25, -0.2) is 0 Å². The van der Waals surface area contributed by atoms with Crippen molar-refractivity contribution in [3.63, 3.8) is 0 Å². The fourth-order valence-corrected chi connectivity index (χ4v) is 3.29. The van der Waals surface area contributed by atoms with Gasteiger partial charge < -0.3 is 15.5 Å². The monoisotopic (exact) mass is 259 g/mol. The molecule has 1 aromatic carbocycles. The predicted molar refractivity (Wildman–Crippen MR) is 79.2 cm³/mol. The molecule has 0 spiro atoms. The minimum Gasteiger partial charge on any atom is -0.313 e. The summed E-state index contributed by atoms with van der Waals surface area (Å²) >= 11 is 0. The topological polar surface area (TPSA) is 27.3 Å². The van der Waals surface area contributed by atoms with Crippen molar-refractivity contribution in [2.75, 3.05) is 26.7 Å². The van der Waals surface area contributed by atoms with E-state index in [1.165, 1.54) is 43.5 Å². The van der Waals surface area contributed by atoms with Crippen LogP contribution >= 0.6 is 0 Å². The van der Waals surface area contributed by atoms with E-state index in [2.05, 4.69) is 46.8 Å². The molecule has 1 fully saturated rings. The highest BCUT2D eigenvalue weighted by atomic mass is 15.1. The summed E-state index contributed by atoms with van der Waals surface area (Å²) in [5.74, 6) is 0. The number of hydrogen-bond acceptors (Lipinski definition) is 3. The zero-order valence-electron chi connectivity index (χ0n) is 11.9. The van der Waals surface area contributed by atoms with Gasteiger partial charge in [-0.05, 0) is 57.1 Å². The summed E-state index contributed by atoms with van der Waals surface area (Å²) in [7, 11) is 2.22. The Bertz CT molecular complexity index is 410. The van der Waals surface area contributed by atoms with Crippen LogP contribution in [-0.2, 0) is 6.54 Å². The second-order valence-corrected chi connectivity index (χ2v) is 5.96. The highest BCUT2D eigenvalue weighted by Crippen LogP contribution is 2.25. The van der Waals surface area contributed by atoms with Crippen LogP contribution in [0, 0.1) is 0 Å².